The van der Waals surface area contributed by atoms with Crippen molar-refractivity contribution in [1.82, 2.24) is 9.97 Å². The van der Waals surface area contributed by atoms with Crippen molar-refractivity contribution < 1.29 is 4.39 Å². The van der Waals surface area contributed by atoms with Crippen molar-refractivity contribution in [2.75, 3.05) is 0 Å². The van der Waals surface area contributed by atoms with Gasteiger partial charge < -0.3 is 4.98 Å². The summed E-state index contributed by atoms with van der Waals surface area (Å²) in [6, 6.07) is 5.29. The molecule has 0 bridgehead atoms. The summed E-state index contributed by atoms with van der Waals surface area (Å²) in [6.45, 7) is 0. The third-order valence-electron chi connectivity index (χ3n) is 1.67. The summed E-state index contributed by atoms with van der Waals surface area (Å²) >= 11 is 0. The van der Waals surface area contributed by atoms with Crippen LogP contribution in [-0.2, 0) is 0 Å². The number of aromatic amines is 1. The number of aromatic nitrogens is 2. The Bertz CT molecular complexity index is 367. The highest BCUT2D eigenvalue weighted by Gasteiger charge is 2.03. The van der Waals surface area contributed by atoms with Crippen LogP contribution < -0.4 is 0 Å². The van der Waals surface area contributed by atoms with Gasteiger partial charge >= 0.3 is 0 Å². The van der Waals surface area contributed by atoms with E-state index in [9.17, 15) is 4.39 Å². The van der Waals surface area contributed by atoms with Crippen LogP contribution in [0.4, 0.5) is 4.39 Å². The minimum absolute atomic E-state index is 0.317. The van der Waals surface area contributed by atoms with E-state index in [1.165, 1.54) is 0 Å². The number of H-pyrrole nitrogens is 1. The standard InChI is InChI=1S/C9H7FN2/c10-9-8(3-5-12-9)7-2-1-4-11-6-7/h1-6,12H. The molecule has 1 N–H and O–H groups in total. The molecule has 2 aromatic heterocycles. The van der Waals surface area contributed by atoms with E-state index in [0.29, 0.717) is 5.56 Å². The second-order valence-electron chi connectivity index (χ2n) is 2.45. The zero-order valence-electron chi connectivity index (χ0n) is 6.29. The van der Waals surface area contributed by atoms with E-state index >= 15 is 0 Å². The number of hydrogen-bond donors (Lipinski definition) is 1. The molecule has 60 valence electrons. The minimum atomic E-state index is -0.317. The third-order valence-corrected chi connectivity index (χ3v) is 1.67. The van der Waals surface area contributed by atoms with E-state index in [4.69, 9.17) is 0 Å². The van der Waals surface area contributed by atoms with Crippen LogP contribution in [0, 0.1) is 5.95 Å². The average molecular weight is 162 g/mol. The van der Waals surface area contributed by atoms with Gasteiger partial charge in [0.2, 0.25) is 0 Å². The Labute approximate surface area is 69.1 Å². The molecule has 0 saturated carbocycles. The molecule has 2 heterocycles. The van der Waals surface area contributed by atoms with Gasteiger partial charge in [0.05, 0.1) is 0 Å². The Morgan fingerprint density at radius 3 is 2.83 bits per heavy atom. The first-order chi connectivity index (χ1) is 5.88. The van der Waals surface area contributed by atoms with Crippen LogP contribution in [0.15, 0.2) is 36.8 Å². The molecule has 0 radical (unpaired) electrons. The molecule has 2 rings (SSSR count). The number of nitrogens with one attached hydrogen (secondary N) is 1. The van der Waals surface area contributed by atoms with Crippen molar-refractivity contribution in [3.05, 3.63) is 42.7 Å². The topological polar surface area (TPSA) is 28.7 Å². The summed E-state index contributed by atoms with van der Waals surface area (Å²) in [4.78, 5) is 6.37. The van der Waals surface area contributed by atoms with Crippen molar-refractivity contribution in [3.8, 4) is 11.1 Å². The largest absolute Gasteiger partial charge is 0.338 e. The van der Waals surface area contributed by atoms with Crippen molar-refractivity contribution in [2.24, 2.45) is 0 Å². The highest BCUT2D eigenvalue weighted by Crippen LogP contribution is 2.19. The molecule has 0 aliphatic heterocycles. The number of hydrogen-bond acceptors (Lipinski definition) is 1. The number of rotatable bonds is 1. The summed E-state index contributed by atoms with van der Waals surface area (Å²) in [7, 11) is 0. The summed E-state index contributed by atoms with van der Waals surface area (Å²) in [5, 5.41) is 0. The zero-order valence-corrected chi connectivity index (χ0v) is 6.29. The van der Waals surface area contributed by atoms with E-state index in [1.807, 2.05) is 6.07 Å². The molecule has 3 heteroatoms. The predicted molar refractivity (Wildman–Crippen MR) is 44.0 cm³/mol. The Kier molecular flexibility index (Phi) is 1.63. The Hall–Kier alpha value is -1.64. The molecular formula is C9H7FN2. The van der Waals surface area contributed by atoms with E-state index in [-0.39, 0.29) is 5.95 Å². The molecule has 12 heavy (non-hydrogen) atoms. The molecule has 0 aromatic carbocycles. The number of pyridine rings is 1. The number of halogens is 1. The fraction of sp³-hybridized carbons (Fsp3) is 0. The minimum Gasteiger partial charge on any atom is -0.338 e. The molecule has 0 spiro atoms. The summed E-state index contributed by atoms with van der Waals surface area (Å²) in [6.07, 6.45) is 4.86. The quantitative estimate of drug-likeness (QED) is 0.684. The lowest BCUT2D eigenvalue weighted by molar-refractivity contribution is 0.595. The highest BCUT2D eigenvalue weighted by atomic mass is 19.1. The Morgan fingerprint density at radius 1 is 1.33 bits per heavy atom. The van der Waals surface area contributed by atoms with Crippen LogP contribution >= 0.6 is 0 Å². The lowest BCUT2D eigenvalue weighted by Gasteiger charge is -1.94. The highest BCUT2D eigenvalue weighted by molar-refractivity contribution is 5.61. The van der Waals surface area contributed by atoms with Gasteiger partial charge in [0.25, 0.3) is 0 Å². The van der Waals surface area contributed by atoms with Gasteiger partial charge in [-0.25, -0.2) is 0 Å². The molecule has 0 saturated heterocycles. The van der Waals surface area contributed by atoms with E-state index in [1.54, 1.807) is 30.7 Å². The molecule has 2 nitrogen and oxygen atoms in total. The summed E-state index contributed by atoms with van der Waals surface area (Å²) < 4.78 is 13.0. The van der Waals surface area contributed by atoms with Crippen molar-refractivity contribution in [2.45, 2.75) is 0 Å². The van der Waals surface area contributed by atoms with Crippen LogP contribution in [0.1, 0.15) is 0 Å². The van der Waals surface area contributed by atoms with Crippen LogP contribution in [0.5, 0.6) is 0 Å². The Morgan fingerprint density at radius 2 is 2.25 bits per heavy atom. The van der Waals surface area contributed by atoms with Gasteiger partial charge in [0, 0.05) is 29.7 Å². The van der Waals surface area contributed by atoms with Gasteiger partial charge in [0.15, 0.2) is 5.95 Å². The van der Waals surface area contributed by atoms with Gasteiger partial charge in [-0.3, -0.25) is 4.98 Å². The summed E-state index contributed by atoms with van der Waals surface area (Å²) in [5.41, 5.74) is 1.35. The maximum atomic E-state index is 13.0. The smallest absolute Gasteiger partial charge is 0.199 e. The number of nitrogens with zero attached hydrogens (tertiary/aromatic N) is 1. The average Bonchev–Trinajstić information content (AvgIpc) is 2.53. The molecule has 0 aliphatic rings. The van der Waals surface area contributed by atoms with Gasteiger partial charge in [-0.05, 0) is 12.1 Å². The molecular weight excluding hydrogens is 155 g/mol. The lowest BCUT2D eigenvalue weighted by Crippen LogP contribution is -1.80. The SMILES string of the molecule is Fc1[nH]ccc1-c1cccnc1. The fourth-order valence-electron chi connectivity index (χ4n) is 1.09. The molecule has 0 atom stereocenters. The van der Waals surface area contributed by atoms with Gasteiger partial charge in [-0.15, -0.1) is 0 Å². The van der Waals surface area contributed by atoms with Crippen LogP contribution in [0.2, 0.25) is 0 Å². The first-order valence-corrected chi connectivity index (χ1v) is 3.61. The second-order valence-corrected chi connectivity index (χ2v) is 2.45. The van der Waals surface area contributed by atoms with Gasteiger partial charge in [-0.2, -0.15) is 4.39 Å². The Balaban J connectivity index is 2.51. The molecule has 0 unspecified atom stereocenters. The molecule has 0 aliphatic carbocycles. The van der Waals surface area contributed by atoms with Crippen LogP contribution in [-0.4, -0.2) is 9.97 Å². The fourth-order valence-corrected chi connectivity index (χ4v) is 1.09. The summed E-state index contributed by atoms with van der Waals surface area (Å²) in [5.74, 6) is -0.317. The third kappa shape index (κ3) is 1.09. The van der Waals surface area contributed by atoms with Crippen molar-refractivity contribution in [1.29, 1.82) is 0 Å². The van der Waals surface area contributed by atoms with Crippen LogP contribution in [0.25, 0.3) is 11.1 Å². The van der Waals surface area contributed by atoms with Gasteiger partial charge in [-0.1, -0.05) is 6.07 Å². The van der Waals surface area contributed by atoms with E-state index < -0.39 is 0 Å². The van der Waals surface area contributed by atoms with E-state index in [0.717, 1.165) is 5.56 Å². The molecule has 0 amide bonds. The maximum Gasteiger partial charge on any atom is 0.199 e. The monoisotopic (exact) mass is 162 g/mol. The molecule has 0 fully saturated rings. The van der Waals surface area contributed by atoms with Crippen molar-refractivity contribution in [3.63, 3.8) is 0 Å². The lowest BCUT2D eigenvalue weighted by atomic mass is 10.1. The van der Waals surface area contributed by atoms with E-state index in [2.05, 4.69) is 9.97 Å². The predicted octanol–water partition coefficient (Wildman–Crippen LogP) is 2.22. The van der Waals surface area contributed by atoms with Crippen molar-refractivity contribution >= 4 is 0 Å². The second kappa shape index (κ2) is 2.77. The normalized spacial score (nSPS) is 10.1. The maximum absolute atomic E-state index is 13.0. The van der Waals surface area contributed by atoms with Gasteiger partial charge in [0.1, 0.15) is 0 Å². The first kappa shape index (κ1) is 7.03. The zero-order chi connectivity index (χ0) is 8.39. The molecule has 2 aromatic rings. The van der Waals surface area contributed by atoms with Crippen LogP contribution in [0.3, 0.4) is 0 Å². The first-order valence-electron chi connectivity index (χ1n) is 3.61.